The molecule has 3 rings (SSSR count). The van der Waals surface area contributed by atoms with Gasteiger partial charge < -0.3 is 9.47 Å². The van der Waals surface area contributed by atoms with Crippen molar-refractivity contribution in [3.8, 4) is 11.5 Å². The van der Waals surface area contributed by atoms with Gasteiger partial charge in [-0.1, -0.05) is 54.7 Å². The summed E-state index contributed by atoms with van der Waals surface area (Å²) in [7, 11) is 1.61. The minimum atomic E-state index is -0.106. The summed E-state index contributed by atoms with van der Waals surface area (Å²) in [6, 6.07) is 11.7. The Balaban J connectivity index is 1.89. The van der Waals surface area contributed by atoms with E-state index >= 15 is 0 Å². The lowest BCUT2D eigenvalue weighted by Crippen LogP contribution is -2.28. The van der Waals surface area contributed by atoms with E-state index in [1.807, 2.05) is 57.2 Å². The lowest BCUT2D eigenvalue weighted by molar-refractivity contribution is -0.113. The molecule has 0 aromatic heterocycles. The molecule has 0 N–H and O–H groups in total. The van der Waals surface area contributed by atoms with E-state index in [9.17, 15) is 4.79 Å². The van der Waals surface area contributed by atoms with Crippen LogP contribution >= 0.6 is 24.0 Å². The Hall–Kier alpha value is -2.31. The van der Waals surface area contributed by atoms with Gasteiger partial charge in [0.25, 0.3) is 5.91 Å². The molecule has 4 nitrogen and oxygen atoms in total. The number of ether oxygens (including phenoxy) is 2. The van der Waals surface area contributed by atoms with Crippen molar-refractivity contribution < 1.29 is 14.3 Å². The number of rotatable bonds is 6. The van der Waals surface area contributed by atoms with E-state index in [0.717, 1.165) is 28.8 Å². The second-order valence-electron chi connectivity index (χ2n) is 7.05. The number of hydrogen-bond donors (Lipinski definition) is 0. The number of aryl methyl sites for hydroxylation is 2. The average molecular weight is 428 g/mol. The molecule has 152 valence electrons. The zero-order valence-electron chi connectivity index (χ0n) is 17.3. The Morgan fingerprint density at radius 2 is 1.93 bits per heavy atom. The van der Waals surface area contributed by atoms with Crippen LogP contribution < -0.4 is 14.4 Å². The van der Waals surface area contributed by atoms with Crippen molar-refractivity contribution in [3.63, 3.8) is 0 Å². The van der Waals surface area contributed by atoms with E-state index in [4.69, 9.17) is 21.7 Å². The minimum Gasteiger partial charge on any atom is -0.493 e. The summed E-state index contributed by atoms with van der Waals surface area (Å²) in [5.74, 6) is 1.23. The molecule has 1 fully saturated rings. The predicted octanol–water partition coefficient (Wildman–Crippen LogP) is 5.90. The van der Waals surface area contributed by atoms with E-state index in [1.165, 1.54) is 11.8 Å². The van der Waals surface area contributed by atoms with Crippen LogP contribution in [0.4, 0.5) is 5.69 Å². The summed E-state index contributed by atoms with van der Waals surface area (Å²) < 4.78 is 11.9. The topological polar surface area (TPSA) is 38.8 Å². The smallest absolute Gasteiger partial charge is 0.270 e. The van der Waals surface area contributed by atoms with Gasteiger partial charge in [-0.15, -0.1) is 0 Å². The number of hydrogen-bond acceptors (Lipinski definition) is 5. The number of methoxy groups -OCH3 is 1. The molecule has 29 heavy (non-hydrogen) atoms. The summed E-state index contributed by atoms with van der Waals surface area (Å²) in [6.07, 6.45) is 2.85. The van der Waals surface area contributed by atoms with Crippen molar-refractivity contribution in [3.05, 3.63) is 58.0 Å². The third kappa shape index (κ3) is 4.65. The molecule has 1 atom stereocenters. The summed E-state index contributed by atoms with van der Waals surface area (Å²) in [6.45, 7) is 8.11. The first-order valence-corrected chi connectivity index (χ1v) is 10.8. The van der Waals surface area contributed by atoms with E-state index < -0.39 is 0 Å². The second-order valence-corrected chi connectivity index (χ2v) is 8.73. The summed E-state index contributed by atoms with van der Waals surface area (Å²) in [5.41, 5.74) is 3.87. The van der Waals surface area contributed by atoms with E-state index in [-0.39, 0.29) is 12.0 Å². The third-order valence-corrected chi connectivity index (χ3v) is 6.08. The second kappa shape index (κ2) is 9.01. The highest BCUT2D eigenvalue weighted by atomic mass is 32.2. The lowest BCUT2D eigenvalue weighted by atomic mass is 10.1. The zero-order chi connectivity index (χ0) is 21.1. The summed E-state index contributed by atoms with van der Waals surface area (Å²) >= 11 is 6.81. The van der Waals surface area contributed by atoms with Crippen molar-refractivity contribution in [1.29, 1.82) is 0 Å². The number of amides is 1. The molecular weight excluding hydrogens is 402 g/mol. The van der Waals surface area contributed by atoms with Crippen LogP contribution in [0.1, 0.15) is 37.0 Å². The predicted molar refractivity (Wildman–Crippen MR) is 125 cm³/mol. The van der Waals surface area contributed by atoms with Gasteiger partial charge in [-0.3, -0.25) is 9.69 Å². The highest BCUT2D eigenvalue weighted by Crippen LogP contribution is 2.38. The molecule has 1 aliphatic rings. The molecule has 2 aromatic rings. The van der Waals surface area contributed by atoms with Gasteiger partial charge in [0.1, 0.15) is 0 Å². The molecule has 1 aliphatic heterocycles. The van der Waals surface area contributed by atoms with Crippen LogP contribution in [0.15, 0.2) is 41.3 Å². The van der Waals surface area contributed by atoms with Crippen molar-refractivity contribution in [2.45, 2.75) is 40.2 Å². The molecule has 1 heterocycles. The molecule has 0 spiro atoms. The monoisotopic (exact) mass is 427 g/mol. The molecular formula is C23H25NO3S2. The molecule has 0 unspecified atom stereocenters. The van der Waals surface area contributed by atoms with Gasteiger partial charge >= 0.3 is 0 Å². The molecule has 6 heteroatoms. The first kappa shape index (κ1) is 21.4. The van der Waals surface area contributed by atoms with Crippen molar-refractivity contribution in [2.24, 2.45) is 0 Å². The van der Waals surface area contributed by atoms with Gasteiger partial charge in [0.2, 0.25) is 0 Å². The fraction of sp³-hybridized carbons (Fsp3) is 0.304. The molecule has 2 aromatic carbocycles. The van der Waals surface area contributed by atoms with Crippen LogP contribution in [0, 0.1) is 13.8 Å². The maximum Gasteiger partial charge on any atom is 0.270 e. The lowest BCUT2D eigenvalue weighted by Gasteiger charge is -2.17. The largest absolute Gasteiger partial charge is 0.493 e. The first-order valence-electron chi connectivity index (χ1n) is 9.54. The fourth-order valence-corrected chi connectivity index (χ4v) is 4.34. The Morgan fingerprint density at radius 3 is 2.59 bits per heavy atom. The Morgan fingerprint density at radius 1 is 1.17 bits per heavy atom. The van der Waals surface area contributed by atoms with E-state index in [1.54, 1.807) is 12.0 Å². The third-order valence-electron chi connectivity index (χ3n) is 4.78. The van der Waals surface area contributed by atoms with Crippen molar-refractivity contribution >= 4 is 46.0 Å². The Labute approximate surface area is 181 Å². The van der Waals surface area contributed by atoms with E-state index in [0.29, 0.717) is 20.7 Å². The molecule has 1 amide bonds. The summed E-state index contributed by atoms with van der Waals surface area (Å²) in [4.78, 5) is 15.3. The number of nitrogens with zero attached hydrogens (tertiary/aromatic N) is 1. The van der Waals surface area contributed by atoms with Crippen LogP contribution in [0.25, 0.3) is 6.08 Å². The molecule has 0 bridgehead atoms. The number of anilines is 1. The quantitative estimate of drug-likeness (QED) is 0.424. The van der Waals surface area contributed by atoms with E-state index in [2.05, 4.69) is 13.0 Å². The number of carbonyl (C=O) groups is 1. The maximum atomic E-state index is 13.1. The molecule has 0 saturated carbocycles. The van der Waals surface area contributed by atoms with Gasteiger partial charge in [-0.05, 0) is 62.6 Å². The van der Waals surface area contributed by atoms with Crippen LogP contribution in [0.5, 0.6) is 11.5 Å². The fourth-order valence-electron chi connectivity index (χ4n) is 3.05. The normalized spacial score (nSPS) is 16.4. The molecule has 0 radical (unpaired) electrons. The number of benzene rings is 2. The molecule has 1 saturated heterocycles. The van der Waals surface area contributed by atoms with Crippen LogP contribution in [0.3, 0.4) is 0 Å². The van der Waals surface area contributed by atoms with Gasteiger partial charge in [-0.25, -0.2) is 0 Å². The van der Waals surface area contributed by atoms with Crippen molar-refractivity contribution in [1.82, 2.24) is 0 Å². The highest BCUT2D eigenvalue weighted by Gasteiger charge is 2.34. The Kier molecular flexibility index (Phi) is 6.65. The van der Waals surface area contributed by atoms with Crippen LogP contribution in [0.2, 0.25) is 0 Å². The number of thiocarbonyl (C=S) groups is 1. The maximum absolute atomic E-state index is 13.1. The molecule has 0 aliphatic carbocycles. The Bertz CT molecular complexity index is 984. The van der Waals surface area contributed by atoms with Gasteiger partial charge in [0, 0.05) is 0 Å². The van der Waals surface area contributed by atoms with Crippen LogP contribution in [-0.2, 0) is 4.79 Å². The number of thioether (sulfide) groups is 1. The van der Waals surface area contributed by atoms with Gasteiger partial charge in [0.05, 0.1) is 23.8 Å². The zero-order valence-corrected chi connectivity index (χ0v) is 18.9. The number of carbonyl (C=O) groups excluding carboxylic acids is 1. The SMILES string of the molecule is CC[C@@H](C)Oc1ccc(/C=C2/SC(=S)N(c3ccc(C)cc3C)C2=O)cc1OC. The average Bonchev–Trinajstić information content (AvgIpc) is 2.96. The standard InChI is InChI=1S/C23H25NO3S2/c1-6-16(4)27-19-10-8-17(12-20(19)26-5)13-21-22(25)24(23(28)29-21)18-9-7-14(2)11-15(18)3/h7-13,16H,6H2,1-5H3/b21-13+/t16-/m1/s1. The summed E-state index contributed by atoms with van der Waals surface area (Å²) in [5, 5.41) is 0. The minimum absolute atomic E-state index is 0.101. The first-order chi connectivity index (χ1) is 13.8. The highest BCUT2D eigenvalue weighted by molar-refractivity contribution is 8.27. The van der Waals surface area contributed by atoms with Gasteiger partial charge in [-0.2, -0.15) is 0 Å². The van der Waals surface area contributed by atoms with Gasteiger partial charge in [0.15, 0.2) is 15.8 Å². The van der Waals surface area contributed by atoms with Crippen LogP contribution in [-0.4, -0.2) is 23.4 Å². The van der Waals surface area contributed by atoms with Crippen molar-refractivity contribution in [2.75, 3.05) is 12.0 Å².